The van der Waals surface area contributed by atoms with Crippen molar-refractivity contribution in [3.8, 4) is 0 Å². The third kappa shape index (κ3) is 3.70. The van der Waals surface area contributed by atoms with E-state index in [-0.39, 0.29) is 10.6 Å². The lowest BCUT2D eigenvalue weighted by molar-refractivity contribution is -0.384. The van der Waals surface area contributed by atoms with Gasteiger partial charge in [-0.15, -0.1) is 0 Å². The van der Waals surface area contributed by atoms with Gasteiger partial charge >= 0.3 is 0 Å². The van der Waals surface area contributed by atoms with Crippen LogP contribution in [0.2, 0.25) is 0 Å². The maximum atomic E-state index is 12.3. The third-order valence-electron chi connectivity index (χ3n) is 3.06. The van der Waals surface area contributed by atoms with Gasteiger partial charge in [-0.1, -0.05) is 34.1 Å². The molecule has 0 radical (unpaired) electrons. The van der Waals surface area contributed by atoms with Gasteiger partial charge in [0.15, 0.2) is 0 Å². The first-order chi connectivity index (χ1) is 10.3. The summed E-state index contributed by atoms with van der Waals surface area (Å²) in [6.45, 7) is 1.73. The van der Waals surface area contributed by atoms with Crippen LogP contribution in [-0.4, -0.2) is 13.3 Å². The number of benzene rings is 2. The maximum absolute atomic E-state index is 12.3. The molecule has 0 saturated heterocycles. The van der Waals surface area contributed by atoms with Crippen LogP contribution in [0, 0.1) is 10.1 Å². The first kappa shape index (κ1) is 16.6. The topological polar surface area (TPSA) is 89.3 Å². The van der Waals surface area contributed by atoms with E-state index >= 15 is 0 Å². The lowest BCUT2D eigenvalue weighted by Gasteiger charge is -2.16. The summed E-state index contributed by atoms with van der Waals surface area (Å²) in [7, 11) is -3.76. The van der Waals surface area contributed by atoms with Gasteiger partial charge in [-0.25, -0.2) is 13.1 Å². The predicted molar refractivity (Wildman–Crippen MR) is 86.0 cm³/mol. The number of rotatable bonds is 5. The van der Waals surface area contributed by atoms with Crippen LogP contribution in [0.3, 0.4) is 0 Å². The van der Waals surface area contributed by atoms with Crippen LogP contribution in [0.5, 0.6) is 0 Å². The molecule has 2 rings (SSSR count). The molecule has 0 aliphatic rings. The highest BCUT2D eigenvalue weighted by molar-refractivity contribution is 9.10. The van der Waals surface area contributed by atoms with Gasteiger partial charge in [0.25, 0.3) is 5.69 Å². The average Bonchev–Trinajstić information content (AvgIpc) is 2.47. The fourth-order valence-corrected chi connectivity index (χ4v) is 3.79. The minimum Gasteiger partial charge on any atom is -0.258 e. The zero-order valence-electron chi connectivity index (χ0n) is 11.6. The van der Waals surface area contributed by atoms with E-state index in [1.807, 2.05) is 24.3 Å². The lowest BCUT2D eigenvalue weighted by Crippen LogP contribution is -2.27. The Kier molecular flexibility index (Phi) is 4.94. The van der Waals surface area contributed by atoms with Crippen molar-refractivity contribution in [1.82, 2.24) is 4.72 Å². The predicted octanol–water partition coefficient (Wildman–Crippen LogP) is 3.40. The zero-order chi connectivity index (χ0) is 16.3. The summed E-state index contributed by atoms with van der Waals surface area (Å²) < 4.78 is 28.0. The number of nitrogens with one attached hydrogen (secondary N) is 1. The van der Waals surface area contributed by atoms with Gasteiger partial charge in [0.1, 0.15) is 0 Å². The number of sulfonamides is 1. The molecule has 0 amide bonds. The average molecular weight is 385 g/mol. The molecule has 0 aromatic heterocycles. The largest absolute Gasteiger partial charge is 0.269 e. The Hall–Kier alpha value is -1.77. The van der Waals surface area contributed by atoms with Crippen LogP contribution in [0.15, 0.2) is 57.9 Å². The van der Waals surface area contributed by atoms with Gasteiger partial charge < -0.3 is 0 Å². The summed E-state index contributed by atoms with van der Waals surface area (Å²) in [5.74, 6) is 0. The molecular formula is C14H13BrN2O4S. The van der Waals surface area contributed by atoms with Crippen molar-refractivity contribution in [2.75, 3.05) is 0 Å². The third-order valence-corrected chi connectivity index (χ3v) is 5.34. The van der Waals surface area contributed by atoms with Crippen LogP contribution in [0.25, 0.3) is 0 Å². The monoisotopic (exact) mass is 384 g/mol. The van der Waals surface area contributed by atoms with Crippen LogP contribution >= 0.6 is 15.9 Å². The molecule has 2 aromatic carbocycles. The molecule has 0 aliphatic carbocycles. The molecular weight excluding hydrogens is 372 g/mol. The number of halogens is 1. The fraction of sp³-hybridized carbons (Fsp3) is 0.143. The molecule has 116 valence electrons. The molecule has 0 spiro atoms. The Balaban J connectivity index is 2.24. The van der Waals surface area contributed by atoms with Gasteiger partial charge in [-0.3, -0.25) is 10.1 Å². The van der Waals surface area contributed by atoms with E-state index in [2.05, 4.69) is 20.7 Å². The van der Waals surface area contributed by atoms with Gasteiger partial charge in [0.2, 0.25) is 10.0 Å². The van der Waals surface area contributed by atoms with Gasteiger partial charge in [-0.2, -0.15) is 0 Å². The molecule has 1 N–H and O–H groups in total. The second-order valence-electron chi connectivity index (χ2n) is 4.62. The van der Waals surface area contributed by atoms with Crippen LogP contribution < -0.4 is 4.72 Å². The first-order valence-electron chi connectivity index (χ1n) is 6.32. The molecule has 0 bridgehead atoms. The highest BCUT2D eigenvalue weighted by Crippen LogP contribution is 2.25. The zero-order valence-corrected chi connectivity index (χ0v) is 14.0. The smallest absolute Gasteiger partial charge is 0.258 e. The summed E-state index contributed by atoms with van der Waals surface area (Å²) in [6.07, 6.45) is 0. The van der Waals surface area contributed by atoms with E-state index in [0.29, 0.717) is 0 Å². The molecule has 1 atom stereocenters. The minimum atomic E-state index is -3.76. The molecule has 0 saturated carbocycles. The van der Waals surface area contributed by atoms with Crippen molar-refractivity contribution in [3.05, 3.63) is 68.7 Å². The molecule has 8 heteroatoms. The Bertz CT molecular complexity index is 791. The fourth-order valence-electron chi connectivity index (χ4n) is 1.94. The summed E-state index contributed by atoms with van der Waals surface area (Å²) >= 11 is 3.38. The first-order valence-corrected chi connectivity index (χ1v) is 8.60. The van der Waals surface area contributed by atoms with Crippen LogP contribution in [0.4, 0.5) is 5.69 Å². The standard InChI is InChI=1S/C14H13BrN2O4S/c1-10(13-4-2-3-5-14(13)15)16-22(20,21)12-8-6-11(7-9-12)17(18)19/h2-10,16H,1H3. The highest BCUT2D eigenvalue weighted by atomic mass is 79.9. The van der Waals surface area contributed by atoms with Crippen molar-refractivity contribution in [2.45, 2.75) is 17.9 Å². The maximum Gasteiger partial charge on any atom is 0.269 e. The van der Waals surface area contributed by atoms with E-state index in [0.717, 1.165) is 22.2 Å². The van der Waals surface area contributed by atoms with E-state index in [1.165, 1.54) is 12.1 Å². The highest BCUT2D eigenvalue weighted by Gasteiger charge is 2.20. The van der Waals surface area contributed by atoms with E-state index in [4.69, 9.17) is 0 Å². The van der Waals surface area contributed by atoms with Gasteiger partial charge in [-0.05, 0) is 30.7 Å². The summed E-state index contributed by atoms with van der Waals surface area (Å²) in [5, 5.41) is 10.6. The van der Waals surface area contributed by atoms with Crippen LogP contribution in [0.1, 0.15) is 18.5 Å². The summed E-state index contributed by atoms with van der Waals surface area (Å²) in [6, 6.07) is 11.6. The Morgan fingerprint density at radius 1 is 1.14 bits per heavy atom. The van der Waals surface area contributed by atoms with Crippen molar-refractivity contribution >= 4 is 31.6 Å². The number of nitrogens with zero attached hydrogens (tertiary/aromatic N) is 1. The number of hydrogen-bond donors (Lipinski definition) is 1. The second kappa shape index (κ2) is 6.55. The van der Waals surface area contributed by atoms with Gasteiger partial charge in [0.05, 0.1) is 9.82 Å². The molecule has 6 nitrogen and oxygen atoms in total. The molecule has 0 fully saturated rings. The normalized spacial score (nSPS) is 12.8. The van der Waals surface area contributed by atoms with E-state index in [1.54, 1.807) is 6.92 Å². The Labute approximate surface area is 136 Å². The summed E-state index contributed by atoms with van der Waals surface area (Å²) in [4.78, 5) is 10.0. The number of nitro groups is 1. The second-order valence-corrected chi connectivity index (χ2v) is 7.18. The molecule has 0 heterocycles. The Morgan fingerprint density at radius 3 is 2.27 bits per heavy atom. The van der Waals surface area contributed by atoms with Crippen molar-refractivity contribution < 1.29 is 13.3 Å². The van der Waals surface area contributed by atoms with Gasteiger partial charge in [0, 0.05) is 22.6 Å². The number of nitro benzene ring substituents is 1. The quantitative estimate of drug-likeness (QED) is 0.631. The molecule has 0 aliphatic heterocycles. The molecule has 22 heavy (non-hydrogen) atoms. The SMILES string of the molecule is CC(NS(=O)(=O)c1ccc([N+](=O)[O-])cc1)c1ccccc1Br. The minimum absolute atomic E-state index is 0.0167. The number of hydrogen-bond acceptors (Lipinski definition) is 4. The number of non-ortho nitro benzene ring substituents is 1. The lowest BCUT2D eigenvalue weighted by atomic mass is 10.1. The molecule has 2 aromatic rings. The van der Waals surface area contributed by atoms with E-state index in [9.17, 15) is 18.5 Å². The van der Waals surface area contributed by atoms with Crippen molar-refractivity contribution in [2.24, 2.45) is 0 Å². The van der Waals surface area contributed by atoms with Crippen molar-refractivity contribution in [1.29, 1.82) is 0 Å². The molecule has 1 unspecified atom stereocenters. The van der Waals surface area contributed by atoms with Crippen molar-refractivity contribution in [3.63, 3.8) is 0 Å². The van der Waals surface area contributed by atoms with E-state index < -0.39 is 21.0 Å². The Morgan fingerprint density at radius 2 is 1.73 bits per heavy atom. The summed E-state index contributed by atoms with van der Waals surface area (Å²) in [5.41, 5.74) is 0.644. The van der Waals surface area contributed by atoms with Crippen LogP contribution in [-0.2, 0) is 10.0 Å².